The molecule has 2 atom stereocenters. The number of carboxylic acids is 1. The van der Waals surface area contributed by atoms with E-state index >= 15 is 0 Å². The summed E-state index contributed by atoms with van der Waals surface area (Å²) in [5, 5.41) is 11.9. The van der Waals surface area contributed by atoms with Crippen LogP contribution in [0.4, 0.5) is 0 Å². The van der Waals surface area contributed by atoms with Gasteiger partial charge in [-0.25, -0.2) is 0 Å². The van der Waals surface area contributed by atoms with Crippen LogP contribution in [0.25, 0.3) is 0 Å². The number of carbonyl (C=O) groups is 1. The van der Waals surface area contributed by atoms with Gasteiger partial charge in [-0.15, -0.1) is 0 Å². The van der Waals surface area contributed by atoms with E-state index < -0.39 is 5.97 Å². The highest BCUT2D eigenvalue weighted by molar-refractivity contribution is 5.66. The van der Waals surface area contributed by atoms with E-state index in [4.69, 9.17) is 10.8 Å². The minimum atomic E-state index is -0.712. The lowest BCUT2D eigenvalue weighted by atomic mass is 9.84. The molecule has 0 spiro atoms. The van der Waals surface area contributed by atoms with Gasteiger partial charge >= 0.3 is 5.97 Å². The summed E-state index contributed by atoms with van der Waals surface area (Å²) in [6.45, 7) is 1.55. The average Bonchev–Trinajstić information content (AvgIpc) is 2.24. The second-order valence-electron chi connectivity index (χ2n) is 4.34. The van der Waals surface area contributed by atoms with E-state index in [1.807, 2.05) is 0 Å². The minimum Gasteiger partial charge on any atom is -0.481 e. The van der Waals surface area contributed by atoms with Gasteiger partial charge in [-0.1, -0.05) is 12.8 Å². The molecule has 0 aliphatic heterocycles. The molecule has 0 aromatic heterocycles. The molecular weight excluding hydrogens is 192 g/mol. The van der Waals surface area contributed by atoms with Crippen molar-refractivity contribution in [3.05, 3.63) is 0 Å². The molecule has 4 heteroatoms. The van der Waals surface area contributed by atoms with E-state index in [0.717, 1.165) is 13.1 Å². The number of carboxylic acid groups (broad SMARTS) is 1. The van der Waals surface area contributed by atoms with Gasteiger partial charge in [0.15, 0.2) is 0 Å². The number of nitrogens with two attached hydrogens (primary N) is 1. The standard InChI is InChI=1S/C11H22N2O2/c12-8-9-4-1-2-5-10(9)13-7-3-6-11(14)15/h9-10,13H,1-8,12H2,(H,14,15). The first-order valence-electron chi connectivity index (χ1n) is 5.89. The maximum Gasteiger partial charge on any atom is 0.303 e. The molecule has 0 bridgehead atoms. The zero-order chi connectivity index (χ0) is 11.1. The zero-order valence-corrected chi connectivity index (χ0v) is 9.24. The molecule has 4 nitrogen and oxygen atoms in total. The molecule has 0 aromatic rings. The van der Waals surface area contributed by atoms with Gasteiger partial charge in [-0.05, 0) is 38.3 Å². The van der Waals surface area contributed by atoms with Gasteiger partial charge in [0.1, 0.15) is 0 Å². The van der Waals surface area contributed by atoms with Crippen molar-refractivity contribution >= 4 is 5.97 Å². The molecule has 0 amide bonds. The van der Waals surface area contributed by atoms with Crippen molar-refractivity contribution in [1.82, 2.24) is 5.32 Å². The Morgan fingerprint density at radius 1 is 1.40 bits per heavy atom. The minimum absolute atomic E-state index is 0.257. The van der Waals surface area contributed by atoms with Crippen LogP contribution in [-0.4, -0.2) is 30.2 Å². The summed E-state index contributed by atoms with van der Waals surface area (Å²) in [7, 11) is 0. The van der Waals surface area contributed by atoms with Crippen LogP contribution in [-0.2, 0) is 4.79 Å². The molecular formula is C11H22N2O2. The van der Waals surface area contributed by atoms with E-state index in [9.17, 15) is 4.79 Å². The quantitative estimate of drug-likeness (QED) is 0.576. The molecule has 1 fully saturated rings. The Hall–Kier alpha value is -0.610. The number of hydrogen-bond acceptors (Lipinski definition) is 3. The van der Waals surface area contributed by atoms with Crippen molar-refractivity contribution in [2.24, 2.45) is 11.7 Å². The lowest BCUT2D eigenvalue weighted by molar-refractivity contribution is -0.137. The Kier molecular flexibility index (Phi) is 5.65. The van der Waals surface area contributed by atoms with Crippen LogP contribution < -0.4 is 11.1 Å². The van der Waals surface area contributed by atoms with Crippen molar-refractivity contribution in [2.75, 3.05) is 13.1 Å². The topological polar surface area (TPSA) is 75.3 Å². The highest BCUT2D eigenvalue weighted by Gasteiger charge is 2.22. The lowest BCUT2D eigenvalue weighted by Gasteiger charge is -2.31. The fourth-order valence-corrected chi connectivity index (χ4v) is 2.29. The Bertz CT molecular complexity index is 197. The fourth-order valence-electron chi connectivity index (χ4n) is 2.29. The second-order valence-corrected chi connectivity index (χ2v) is 4.34. The average molecular weight is 214 g/mol. The molecule has 2 unspecified atom stereocenters. The lowest BCUT2D eigenvalue weighted by Crippen LogP contribution is -2.42. The van der Waals surface area contributed by atoms with Crippen LogP contribution in [0.5, 0.6) is 0 Å². The summed E-state index contributed by atoms with van der Waals surface area (Å²) in [4.78, 5) is 10.3. The summed E-state index contributed by atoms with van der Waals surface area (Å²) in [6.07, 6.45) is 5.93. The van der Waals surface area contributed by atoms with E-state index in [0.29, 0.717) is 18.4 Å². The van der Waals surface area contributed by atoms with Crippen LogP contribution in [0, 0.1) is 5.92 Å². The monoisotopic (exact) mass is 214 g/mol. The van der Waals surface area contributed by atoms with Crippen molar-refractivity contribution in [3.8, 4) is 0 Å². The molecule has 1 aliphatic rings. The third-order valence-corrected chi connectivity index (χ3v) is 3.19. The largest absolute Gasteiger partial charge is 0.481 e. The second kappa shape index (κ2) is 6.80. The van der Waals surface area contributed by atoms with Gasteiger partial charge in [-0.2, -0.15) is 0 Å². The van der Waals surface area contributed by atoms with Gasteiger partial charge in [0, 0.05) is 12.5 Å². The number of hydrogen-bond donors (Lipinski definition) is 3. The van der Waals surface area contributed by atoms with Crippen LogP contribution in [0.15, 0.2) is 0 Å². The van der Waals surface area contributed by atoms with Crippen molar-refractivity contribution in [1.29, 1.82) is 0 Å². The first-order chi connectivity index (χ1) is 7.24. The van der Waals surface area contributed by atoms with Gasteiger partial charge < -0.3 is 16.2 Å². The van der Waals surface area contributed by atoms with Gasteiger partial charge in [-0.3, -0.25) is 4.79 Å². The normalized spacial score (nSPS) is 26.5. The first kappa shape index (κ1) is 12.5. The smallest absolute Gasteiger partial charge is 0.303 e. The predicted molar refractivity (Wildman–Crippen MR) is 59.7 cm³/mol. The third-order valence-electron chi connectivity index (χ3n) is 3.19. The fraction of sp³-hybridized carbons (Fsp3) is 0.909. The number of aliphatic carboxylic acids is 1. The first-order valence-corrected chi connectivity index (χ1v) is 5.89. The highest BCUT2D eigenvalue weighted by Crippen LogP contribution is 2.23. The molecule has 4 N–H and O–H groups in total. The van der Waals surface area contributed by atoms with Gasteiger partial charge in [0.2, 0.25) is 0 Å². The Morgan fingerprint density at radius 3 is 2.80 bits per heavy atom. The van der Waals surface area contributed by atoms with E-state index in [1.54, 1.807) is 0 Å². The molecule has 0 heterocycles. The van der Waals surface area contributed by atoms with Crippen LogP contribution >= 0.6 is 0 Å². The molecule has 88 valence electrons. The van der Waals surface area contributed by atoms with Crippen molar-refractivity contribution < 1.29 is 9.90 Å². The van der Waals surface area contributed by atoms with Crippen molar-refractivity contribution in [2.45, 2.75) is 44.6 Å². The molecule has 15 heavy (non-hydrogen) atoms. The zero-order valence-electron chi connectivity index (χ0n) is 9.24. The van der Waals surface area contributed by atoms with Gasteiger partial charge in [0.25, 0.3) is 0 Å². The molecule has 1 rings (SSSR count). The third kappa shape index (κ3) is 4.62. The van der Waals surface area contributed by atoms with Crippen LogP contribution in [0.1, 0.15) is 38.5 Å². The van der Waals surface area contributed by atoms with Crippen LogP contribution in [0.3, 0.4) is 0 Å². The molecule has 0 radical (unpaired) electrons. The summed E-state index contributed by atoms with van der Waals surface area (Å²) < 4.78 is 0. The van der Waals surface area contributed by atoms with E-state index in [2.05, 4.69) is 5.32 Å². The molecule has 0 saturated heterocycles. The summed E-state index contributed by atoms with van der Waals surface area (Å²) in [5.41, 5.74) is 5.71. The Labute approximate surface area is 91.2 Å². The highest BCUT2D eigenvalue weighted by atomic mass is 16.4. The maximum atomic E-state index is 10.3. The van der Waals surface area contributed by atoms with E-state index in [1.165, 1.54) is 25.7 Å². The van der Waals surface area contributed by atoms with Crippen molar-refractivity contribution in [3.63, 3.8) is 0 Å². The predicted octanol–water partition coefficient (Wildman–Crippen LogP) is 0.958. The van der Waals surface area contributed by atoms with Gasteiger partial charge in [0.05, 0.1) is 0 Å². The van der Waals surface area contributed by atoms with E-state index in [-0.39, 0.29) is 6.42 Å². The number of rotatable bonds is 6. The van der Waals surface area contributed by atoms with Crippen LogP contribution in [0.2, 0.25) is 0 Å². The summed E-state index contributed by atoms with van der Waals surface area (Å²) in [6, 6.07) is 0.512. The maximum absolute atomic E-state index is 10.3. The summed E-state index contributed by atoms with van der Waals surface area (Å²) >= 11 is 0. The molecule has 0 aromatic carbocycles. The Balaban J connectivity index is 2.15. The summed E-state index contributed by atoms with van der Waals surface area (Å²) in [5.74, 6) is -0.126. The SMILES string of the molecule is NCC1CCCCC1NCCCC(=O)O. The number of nitrogens with one attached hydrogen (secondary N) is 1. The Morgan fingerprint density at radius 2 is 2.13 bits per heavy atom. The molecule has 1 saturated carbocycles. The molecule has 1 aliphatic carbocycles.